The van der Waals surface area contributed by atoms with E-state index in [9.17, 15) is 17.2 Å². The van der Waals surface area contributed by atoms with Gasteiger partial charge in [0.2, 0.25) is 0 Å². The third kappa shape index (κ3) is 2.74. The number of sulfonamides is 1. The predicted molar refractivity (Wildman–Crippen MR) is 75.1 cm³/mol. The third-order valence-electron chi connectivity index (χ3n) is 3.38. The van der Waals surface area contributed by atoms with Crippen LogP contribution in [0.2, 0.25) is 0 Å². The van der Waals surface area contributed by atoms with E-state index in [1.165, 1.54) is 16.6 Å². The molecule has 0 amide bonds. The van der Waals surface area contributed by atoms with Gasteiger partial charge in [0.05, 0.1) is 11.9 Å². The van der Waals surface area contributed by atoms with E-state index < -0.39 is 21.7 Å². The molecule has 22 heavy (non-hydrogen) atoms. The van der Waals surface area contributed by atoms with Gasteiger partial charge in [-0.2, -0.15) is 9.40 Å². The summed E-state index contributed by atoms with van der Waals surface area (Å²) >= 11 is 0. The minimum absolute atomic E-state index is 0.0243. The second-order valence-electron chi connectivity index (χ2n) is 4.86. The van der Waals surface area contributed by atoms with Gasteiger partial charge < -0.3 is 5.32 Å². The van der Waals surface area contributed by atoms with Gasteiger partial charge in [0.25, 0.3) is 10.0 Å². The highest BCUT2D eigenvalue weighted by atomic mass is 32.2. The molecule has 0 atom stereocenters. The third-order valence-corrected chi connectivity index (χ3v) is 5.26. The Hall–Kier alpha value is -1.84. The van der Waals surface area contributed by atoms with E-state index >= 15 is 0 Å². The van der Waals surface area contributed by atoms with Gasteiger partial charge in [-0.05, 0) is 18.2 Å². The van der Waals surface area contributed by atoms with Crippen molar-refractivity contribution in [2.24, 2.45) is 0 Å². The molecule has 118 valence electrons. The molecule has 0 saturated carbocycles. The van der Waals surface area contributed by atoms with Crippen LogP contribution in [0.4, 0.5) is 8.78 Å². The zero-order valence-corrected chi connectivity index (χ0v) is 12.4. The van der Waals surface area contributed by atoms with Gasteiger partial charge in [-0.25, -0.2) is 21.9 Å². The number of halogens is 2. The van der Waals surface area contributed by atoms with Crippen molar-refractivity contribution in [2.75, 3.05) is 26.2 Å². The lowest BCUT2D eigenvalue weighted by molar-refractivity contribution is 0.358. The first-order valence-electron chi connectivity index (χ1n) is 6.70. The fourth-order valence-electron chi connectivity index (χ4n) is 2.36. The quantitative estimate of drug-likeness (QED) is 0.903. The molecule has 1 N–H and O–H groups in total. The number of aromatic nitrogens is 2. The summed E-state index contributed by atoms with van der Waals surface area (Å²) in [5.74, 6) is -1.59. The fourth-order valence-corrected chi connectivity index (χ4v) is 3.89. The molecule has 0 spiro atoms. The second kappa shape index (κ2) is 5.75. The van der Waals surface area contributed by atoms with Crippen LogP contribution in [0, 0.1) is 11.6 Å². The molecule has 2 aromatic rings. The fraction of sp³-hybridized carbons (Fsp3) is 0.308. The topological polar surface area (TPSA) is 67.2 Å². The van der Waals surface area contributed by atoms with E-state index in [2.05, 4.69) is 10.4 Å². The molecule has 2 heterocycles. The van der Waals surface area contributed by atoms with Crippen LogP contribution in [0.5, 0.6) is 0 Å². The molecule has 0 aliphatic carbocycles. The van der Waals surface area contributed by atoms with Gasteiger partial charge in [-0.1, -0.05) is 0 Å². The van der Waals surface area contributed by atoms with Crippen molar-refractivity contribution in [3.05, 3.63) is 42.1 Å². The number of rotatable bonds is 3. The molecule has 3 rings (SSSR count). The number of nitrogens with one attached hydrogen (secondary N) is 1. The normalized spacial score (nSPS) is 16.8. The van der Waals surface area contributed by atoms with Gasteiger partial charge in [0.15, 0.2) is 5.03 Å². The summed E-state index contributed by atoms with van der Waals surface area (Å²) < 4.78 is 54.4. The Kier molecular flexibility index (Phi) is 3.94. The molecule has 0 radical (unpaired) electrons. The van der Waals surface area contributed by atoms with Crippen LogP contribution in [0.3, 0.4) is 0 Å². The Morgan fingerprint density at radius 2 is 1.73 bits per heavy atom. The highest BCUT2D eigenvalue weighted by molar-refractivity contribution is 7.89. The molecule has 1 aromatic carbocycles. The van der Waals surface area contributed by atoms with E-state index in [4.69, 9.17) is 0 Å². The minimum Gasteiger partial charge on any atom is -0.314 e. The van der Waals surface area contributed by atoms with Crippen molar-refractivity contribution in [1.29, 1.82) is 0 Å². The lowest BCUT2D eigenvalue weighted by atomic mass is 10.3. The number of hydrogen-bond donors (Lipinski definition) is 1. The van der Waals surface area contributed by atoms with Crippen molar-refractivity contribution < 1.29 is 17.2 Å². The Labute approximate surface area is 126 Å². The Balaban J connectivity index is 2.04. The summed E-state index contributed by atoms with van der Waals surface area (Å²) in [6.45, 7) is 1.79. The smallest absolute Gasteiger partial charge is 0.260 e. The molecular formula is C13H14F2N4O2S. The standard InChI is InChI=1S/C13H14F2N4O2S/c14-10-7-11(15)9-12(8-10)19-13(1-2-17-19)22(20,21)18-5-3-16-4-6-18/h1-2,7-9,16H,3-6H2. The molecule has 0 unspecified atom stereocenters. The Bertz CT molecular complexity index is 765. The van der Waals surface area contributed by atoms with Crippen molar-refractivity contribution in [3.63, 3.8) is 0 Å². The summed E-state index contributed by atoms with van der Waals surface area (Å²) in [7, 11) is -3.77. The SMILES string of the molecule is O=S(=O)(c1ccnn1-c1cc(F)cc(F)c1)N1CCNCC1. The van der Waals surface area contributed by atoms with Gasteiger partial charge in [0, 0.05) is 32.2 Å². The van der Waals surface area contributed by atoms with Gasteiger partial charge in [0.1, 0.15) is 11.6 Å². The number of benzene rings is 1. The van der Waals surface area contributed by atoms with E-state index in [1.807, 2.05) is 0 Å². The lowest BCUT2D eigenvalue weighted by Crippen LogP contribution is -2.46. The van der Waals surface area contributed by atoms with Crippen LogP contribution < -0.4 is 5.32 Å². The minimum atomic E-state index is -3.77. The van der Waals surface area contributed by atoms with E-state index in [1.54, 1.807) is 0 Å². The highest BCUT2D eigenvalue weighted by Gasteiger charge is 2.29. The first-order chi connectivity index (χ1) is 10.5. The summed E-state index contributed by atoms with van der Waals surface area (Å²) in [6, 6.07) is 4.11. The van der Waals surface area contributed by atoms with Crippen molar-refractivity contribution in [1.82, 2.24) is 19.4 Å². The summed E-state index contributed by atoms with van der Waals surface area (Å²) in [6.07, 6.45) is 1.29. The van der Waals surface area contributed by atoms with Crippen LogP contribution in [-0.4, -0.2) is 48.7 Å². The molecule has 1 aliphatic heterocycles. The largest absolute Gasteiger partial charge is 0.314 e. The average Bonchev–Trinajstić information content (AvgIpc) is 2.97. The molecule has 9 heteroatoms. The van der Waals surface area contributed by atoms with Crippen LogP contribution in [0.15, 0.2) is 35.5 Å². The molecule has 0 bridgehead atoms. The summed E-state index contributed by atoms with van der Waals surface area (Å²) in [5, 5.41) is 6.85. The maximum absolute atomic E-state index is 13.4. The summed E-state index contributed by atoms with van der Waals surface area (Å²) in [5.41, 5.74) is 0.0243. The van der Waals surface area contributed by atoms with Gasteiger partial charge in [-0.3, -0.25) is 0 Å². The first-order valence-corrected chi connectivity index (χ1v) is 8.14. The molecular weight excluding hydrogens is 314 g/mol. The van der Waals surface area contributed by atoms with Crippen LogP contribution >= 0.6 is 0 Å². The van der Waals surface area contributed by atoms with Crippen LogP contribution in [0.25, 0.3) is 5.69 Å². The molecule has 6 nitrogen and oxygen atoms in total. The molecule has 1 saturated heterocycles. The molecule has 1 aromatic heterocycles. The van der Waals surface area contributed by atoms with E-state index in [0.717, 1.165) is 22.9 Å². The van der Waals surface area contributed by atoms with E-state index in [0.29, 0.717) is 26.2 Å². The maximum atomic E-state index is 13.4. The number of nitrogens with zero attached hydrogens (tertiary/aromatic N) is 3. The first kappa shape index (κ1) is 15.1. The van der Waals surface area contributed by atoms with Crippen LogP contribution in [0.1, 0.15) is 0 Å². The average molecular weight is 328 g/mol. The summed E-state index contributed by atoms with van der Waals surface area (Å²) in [4.78, 5) is 0. The van der Waals surface area contributed by atoms with Crippen molar-refractivity contribution in [3.8, 4) is 5.69 Å². The van der Waals surface area contributed by atoms with E-state index in [-0.39, 0.29) is 10.7 Å². The number of piperazine rings is 1. The zero-order chi connectivity index (χ0) is 15.7. The Morgan fingerprint density at radius 1 is 1.09 bits per heavy atom. The molecule has 1 aliphatic rings. The van der Waals surface area contributed by atoms with Gasteiger partial charge in [-0.15, -0.1) is 0 Å². The Morgan fingerprint density at radius 3 is 2.36 bits per heavy atom. The molecule has 1 fully saturated rings. The zero-order valence-electron chi connectivity index (χ0n) is 11.5. The van der Waals surface area contributed by atoms with Crippen molar-refractivity contribution >= 4 is 10.0 Å². The van der Waals surface area contributed by atoms with Crippen LogP contribution in [-0.2, 0) is 10.0 Å². The second-order valence-corrected chi connectivity index (χ2v) is 6.75. The predicted octanol–water partition coefficient (Wildman–Crippen LogP) is 0.744. The number of hydrogen-bond acceptors (Lipinski definition) is 4. The maximum Gasteiger partial charge on any atom is 0.260 e. The monoisotopic (exact) mass is 328 g/mol. The lowest BCUT2D eigenvalue weighted by Gasteiger charge is -2.26. The van der Waals surface area contributed by atoms with Crippen molar-refractivity contribution in [2.45, 2.75) is 5.03 Å². The van der Waals surface area contributed by atoms with Gasteiger partial charge >= 0.3 is 0 Å². The highest BCUT2D eigenvalue weighted by Crippen LogP contribution is 2.21.